The van der Waals surface area contributed by atoms with Crippen LogP contribution in [0.15, 0.2) is 17.3 Å². The molecule has 1 saturated carbocycles. The molecule has 98 valence electrons. The van der Waals surface area contributed by atoms with Crippen molar-refractivity contribution in [3.8, 4) is 0 Å². The molecule has 1 fully saturated rings. The average Bonchev–Trinajstić information content (AvgIpc) is 2.31. The first kappa shape index (κ1) is 13.3. The molecule has 5 heteroatoms. The number of thioether (sulfide) groups is 1. The van der Waals surface area contributed by atoms with Gasteiger partial charge in [-0.2, -0.15) is 0 Å². The molecule has 3 nitrogen and oxygen atoms in total. The summed E-state index contributed by atoms with van der Waals surface area (Å²) in [4.78, 5) is 15.0. The summed E-state index contributed by atoms with van der Waals surface area (Å²) < 4.78 is 13.0. The van der Waals surface area contributed by atoms with E-state index in [9.17, 15) is 9.18 Å². The smallest absolute Gasteiger partial charge is 0.338 e. The number of hydrogen-bond acceptors (Lipinski definition) is 3. The number of carbonyl (C=O) groups is 1. The summed E-state index contributed by atoms with van der Waals surface area (Å²) in [7, 11) is 0. The van der Waals surface area contributed by atoms with E-state index in [0.717, 1.165) is 25.1 Å². The van der Waals surface area contributed by atoms with Crippen molar-refractivity contribution in [3.05, 3.63) is 23.6 Å². The maximum absolute atomic E-state index is 13.0. The fraction of sp³-hybridized carbons (Fsp3) is 0.538. The highest BCUT2D eigenvalue weighted by Gasteiger charge is 2.23. The molecule has 1 aromatic rings. The fourth-order valence-corrected chi connectivity index (χ4v) is 3.73. The van der Waals surface area contributed by atoms with Crippen LogP contribution in [0.1, 0.15) is 43.0 Å². The van der Waals surface area contributed by atoms with Crippen LogP contribution in [0.25, 0.3) is 0 Å². The molecule has 0 bridgehead atoms. The van der Waals surface area contributed by atoms with Gasteiger partial charge in [0.25, 0.3) is 0 Å². The molecule has 0 aliphatic heterocycles. The third kappa shape index (κ3) is 3.22. The van der Waals surface area contributed by atoms with Crippen molar-refractivity contribution in [2.75, 3.05) is 0 Å². The van der Waals surface area contributed by atoms with Gasteiger partial charge >= 0.3 is 5.97 Å². The summed E-state index contributed by atoms with van der Waals surface area (Å²) in [6.45, 7) is 2.21. The number of carboxylic acid groups (broad SMARTS) is 1. The topological polar surface area (TPSA) is 50.2 Å². The Labute approximate surface area is 110 Å². The van der Waals surface area contributed by atoms with Gasteiger partial charge in [-0.3, -0.25) is 0 Å². The lowest BCUT2D eigenvalue weighted by molar-refractivity contribution is 0.0691. The number of carboxylic acids is 1. The Morgan fingerprint density at radius 1 is 1.56 bits per heavy atom. The van der Waals surface area contributed by atoms with E-state index in [2.05, 4.69) is 11.9 Å². The van der Waals surface area contributed by atoms with E-state index in [1.54, 1.807) is 0 Å². The Morgan fingerprint density at radius 2 is 2.33 bits per heavy atom. The van der Waals surface area contributed by atoms with Gasteiger partial charge in [-0.1, -0.05) is 19.8 Å². The molecule has 0 amide bonds. The predicted octanol–water partition coefficient (Wildman–Crippen LogP) is 3.59. The van der Waals surface area contributed by atoms with E-state index >= 15 is 0 Å². The summed E-state index contributed by atoms with van der Waals surface area (Å²) in [6.07, 6.45) is 5.64. The van der Waals surface area contributed by atoms with Gasteiger partial charge in [0, 0.05) is 5.25 Å². The van der Waals surface area contributed by atoms with Crippen molar-refractivity contribution in [2.45, 2.75) is 42.9 Å². The van der Waals surface area contributed by atoms with Gasteiger partial charge in [0.15, 0.2) is 0 Å². The lowest BCUT2D eigenvalue weighted by atomic mass is 9.91. The standard InChI is InChI=1S/C13H16FNO2S/c1-8-3-2-4-10(5-8)18-12-11(13(16)17)6-9(14)7-15-12/h6-8,10H,2-5H2,1H3,(H,16,17). The van der Waals surface area contributed by atoms with Gasteiger partial charge in [-0.05, 0) is 24.8 Å². The molecule has 1 aromatic heterocycles. The largest absolute Gasteiger partial charge is 0.478 e. The number of nitrogens with zero attached hydrogens (tertiary/aromatic N) is 1. The molecular weight excluding hydrogens is 253 g/mol. The van der Waals surface area contributed by atoms with E-state index < -0.39 is 11.8 Å². The minimum atomic E-state index is -1.12. The zero-order chi connectivity index (χ0) is 13.1. The van der Waals surface area contributed by atoms with Gasteiger partial charge < -0.3 is 5.11 Å². The van der Waals surface area contributed by atoms with E-state index in [1.807, 2.05) is 0 Å². The van der Waals surface area contributed by atoms with Crippen LogP contribution >= 0.6 is 11.8 Å². The van der Waals surface area contributed by atoms with Crippen LogP contribution in [-0.4, -0.2) is 21.3 Å². The van der Waals surface area contributed by atoms with E-state index in [-0.39, 0.29) is 5.56 Å². The molecule has 2 atom stereocenters. The summed E-state index contributed by atoms with van der Waals surface area (Å²) in [5.41, 5.74) is -0.0294. The van der Waals surface area contributed by atoms with Gasteiger partial charge in [-0.15, -0.1) is 11.8 Å². The second-order valence-electron chi connectivity index (χ2n) is 4.82. The van der Waals surface area contributed by atoms with Crippen molar-refractivity contribution in [1.29, 1.82) is 0 Å². The van der Waals surface area contributed by atoms with Crippen molar-refractivity contribution < 1.29 is 14.3 Å². The van der Waals surface area contributed by atoms with Gasteiger partial charge in [0.2, 0.25) is 0 Å². The highest BCUT2D eigenvalue weighted by molar-refractivity contribution is 7.99. The first-order valence-corrected chi connectivity index (χ1v) is 6.99. The molecule has 1 N–H and O–H groups in total. The molecule has 2 rings (SSSR count). The predicted molar refractivity (Wildman–Crippen MR) is 68.4 cm³/mol. The van der Waals surface area contributed by atoms with Gasteiger partial charge in [0.1, 0.15) is 10.8 Å². The number of pyridine rings is 1. The van der Waals surface area contributed by atoms with Gasteiger partial charge in [-0.25, -0.2) is 14.2 Å². The molecule has 18 heavy (non-hydrogen) atoms. The van der Waals surface area contributed by atoms with Crippen LogP contribution in [0.2, 0.25) is 0 Å². The van der Waals surface area contributed by atoms with E-state index in [1.165, 1.54) is 24.6 Å². The van der Waals surface area contributed by atoms with E-state index in [4.69, 9.17) is 5.11 Å². The summed E-state index contributed by atoms with van der Waals surface area (Å²) >= 11 is 1.47. The third-order valence-corrected chi connectivity index (χ3v) is 4.52. The quantitative estimate of drug-likeness (QED) is 0.911. The number of aromatic nitrogens is 1. The first-order valence-electron chi connectivity index (χ1n) is 6.11. The zero-order valence-electron chi connectivity index (χ0n) is 10.2. The van der Waals surface area contributed by atoms with Crippen LogP contribution in [0, 0.1) is 11.7 Å². The molecule has 0 spiro atoms. The van der Waals surface area contributed by atoms with Crippen LogP contribution in [0.5, 0.6) is 0 Å². The molecule has 0 aromatic carbocycles. The fourth-order valence-electron chi connectivity index (χ4n) is 2.32. The Hall–Kier alpha value is -1.10. The Bertz CT molecular complexity index is 453. The third-order valence-electron chi connectivity index (χ3n) is 3.21. The lowest BCUT2D eigenvalue weighted by Gasteiger charge is -2.26. The number of halogens is 1. The van der Waals surface area contributed by atoms with Crippen molar-refractivity contribution in [3.63, 3.8) is 0 Å². The summed E-state index contributed by atoms with van der Waals surface area (Å²) in [5.74, 6) is -1.05. The lowest BCUT2D eigenvalue weighted by Crippen LogP contribution is -2.16. The maximum Gasteiger partial charge on any atom is 0.338 e. The van der Waals surface area contributed by atoms with Crippen LogP contribution in [0.3, 0.4) is 0 Å². The minimum Gasteiger partial charge on any atom is -0.478 e. The second-order valence-corrected chi connectivity index (χ2v) is 6.11. The van der Waals surface area contributed by atoms with Crippen molar-refractivity contribution in [1.82, 2.24) is 4.98 Å². The average molecular weight is 269 g/mol. The summed E-state index contributed by atoms with van der Waals surface area (Å²) in [5, 5.41) is 9.88. The van der Waals surface area contributed by atoms with Crippen LogP contribution in [0.4, 0.5) is 4.39 Å². The highest BCUT2D eigenvalue weighted by Crippen LogP contribution is 2.36. The molecule has 1 heterocycles. The zero-order valence-corrected chi connectivity index (χ0v) is 11.0. The van der Waals surface area contributed by atoms with Crippen molar-refractivity contribution in [2.24, 2.45) is 5.92 Å². The van der Waals surface area contributed by atoms with E-state index in [0.29, 0.717) is 16.2 Å². The molecule has 0 radical (unpaired) electrons. The molecule has 2 unspecified atom stereocenters. The molecule has 1 aliphatic rings. The monoisotopic (exact) mass is 269 g/mol. The maximum atomic E-state index is 13.0. The van der Waals surface area contributed by atoms with Crippen LogP contribution in [-0.2, 0) is 0 Å². The van der Waals surface area contributed by atoms with Gasteiger partial charge in [0.05, 0.1) is 11.8 Å². The van der Waals surface area contributed by atoms with Crippen molar-refractivity contribution >= 4 is 17.7 Å². The minimum absolute atomic E-state index is 0.0294. The SMILES string of the molecule is CC1CCCC(Sc2ncc(F)cc2C(=O)O)C1. The normalized spacial score (nSPS) is 23.9. The molecular formula is C13H16FNO2S. The Kier molecular flexibility index (Phi) is 4.22. The number of rotatable bonds is 3. The second kappa shape index (κ2) is 5.69. The first-order chi connectivity index (χ1) is 8.56. The highest BCUT2D eigenvalue weighted by atomic mass is 32.2. The summed E-state index contributed by atoms with van der Waals surface area (Å²) in [6, 6.07) is 1.05. The Morgan fingerprint density at radius 3 is 3.00 bits per heavy atom. The number of aromatic carboxylic acids is 1. The Balaban J connectivity index is 2.15. The molecule has 0 saturated heterocycles. The van der Waals surface area contributed by atoms with Crippen LogP contribution < -0.4 is 0 Å². The molecule has 1 aliphatic carbocycles. The number of hydrogen-bond donors (Lipinski definition) is 1.